The summed E-state index contributed by atoms with van der Waals surface area (Å²) in [4.78, 5) is 38.1. The summed E-state index contributed by atoms with van der Waals surface area (Å²) in [6.07, 6.45) is 65.3. The molecule has 378 valence electrons. The molecule has 0 aliphatic heterocycles. The molecule has 0 rings (SSSR count). The number of carbonyl (C=O) groups excluding carboxylic acids is 3. The van der Waals surface area contributed by atoms with Gasteiger partial charge in [0.2, 0.25) is 0 Å². The average Bonchev–Trinajstić information content (AvgIpc) is 3.30. The van der Waals surface area contributed by atoms with Crippen LogP contribution in [0.5, 0.6) is 0 Å². The van der Waals surface area contributed by atoms with E-state index in [2.05, 4.69) is 69.4 Å². The van der Waals surface area contributed by atoms with Gasteiger partial charge in [0.15, 0.2) is 6.10 Å². The first kappa shape index (κ1) is 62.4. The number of unbranched alkanes of at least 4 members (excludes halogenated alkanes) is 33. The highest BCUT2D eigenvalue weighted by molar-refractivity contribution is 5.71. The second-order valence-corrected chi connectivity index (χ2v) is 18.9. The standard InChI is InChI=1S/C59H106O6/c1-4-7-10-13-16-19-22-25-28-30-32-34-37-40-43-46-49-52-58(61)64-55-56(54-63-57(60)51-48-45-42-39-36-33-27-24-21-18-15-12-9-6-3)65-59(62)53-50-47-44-41-38-35-31-29-26-23-20-17-14-11-8-5-2/h9,12,18,21,29,31,35,38,56H,4-8,10-11,13-17,19-20,22-28,30,32-34,36-37,39-55H2,1-3H3/b12-9-,21-18-,31-29-,38-35-. The van der Waals surface area contributed by atoms with Crippen LogP contribution in [0.4, 0.5) is 0 Å². The summed E-state index contributed by atoms with van der Waals surface area (Å²) in [5.41, 5.74) is 0. The largest absolute Gasteiger partial charge is 0.462 e. The van der Waals surface area contributed by atoms with E-state index >= 15 is 0 Å². The molecule has 0 aliphatic rings. The van der Waals surface area contributed by atoms with Gasteiger partial charge in [0, 0.05) is 19.3 Å². The summed E-state index contributed by atoms with van der Waals surface area (Å²) in [5, 5.41) is 0. The Labute approximate surface area is 403 Å². The Kier molecular flexibility index (Phi) is 51.8. The van der Waals surface area contributed by atoms with Gasteiger partial charge in [0.05, 0.1) is 0 Å². The topological polar surface area (TPSA) is 78.9 Å². The van der Waals surface area contributed by atoms with Gasteiger partial charge in [0.1, 0.15) is 13.2 Å². The molecule has 0 saturated heterocycles. The van der Waals surface area contributed by atoms with E-state index in [1.54, 1.807) is 0 Å². The molecular formula is C59H106O6. The maximum absolute atomic E-state index is 12.8. The fourth-order valence-corrected chi connectivity index (χ4v) is 8.12. The van der Waals surface area contributed by atoms with Crippen LogP contribution in [0.3, 0.4) is 0 Å². The number of allylic oxidation sites excluding steroid dienone is 8. The summed E-state index contributed by atoms with van der Waals surface area (Å²) in [7, 11) is 0. The molecule has 0 N–H and O–H groups in total. The normalized spacial score (nSPS) is 12.4. The Bertz CT molecular complexity index is 1140. The van der Waals surface area contributed by atoms with Crippen molar-refractivity contribution in [1.82, 2.24) is 0 Å². The molecule has 0 aromatic carbocycles. The van der Waals surface area contributed by atoms with E-state index in [4.69, 9.17) is 14.2 Å². The van der Waals surface area contributed by atoms with Crippen LogP contribution in [0.15, 0.2) is 48.6 Å². The lowest BCUT2D eigenvalue weighted by Gasteiger charge is -2.18. The van der Waals surface area contributed by atoms with Gasteiger partial charge in [-0.3, -0.25) is 14.4 Å². The monoisotopic (exact) mass is 911 g/mol. The molecular weight excluding hydrogens is 805 g/mol. The van der Waals surface area contributed by atoms with E-state index in [0.29, 0.717) is 19.3 Å². The Morgan fingerprint density at radius 2 is 0.646 bits per heavy atom. The highest BCUT2D eigenvalue weighted by Gasteiger charge is 2.19. The minimum absolute atomic E-state index is 0.0836. The van der Waals surface area contributed by atoms with Crippen LogP contribution in [-0.2, 0) is 28.6 Å². The molecule has 0 spiro atoms. The molecule has 1 unspecified atom stereocenters. The predicted octanol–water partition coefficient (Wildman–Crippen LogP) is 18.7. The number of hydrogen-bond donors (Lipinski definition) is 0. The van der Waals surface area contributed by atoms with Crippen molar-refractivity contribution in [2.24, 2.45) is 0 Å². The Hall–Kier alpha value is -2.63. The van der Waals surface area contributed by atoms with Gasteiger partial charge in [-0.15, -0.1) is 0 Å². The molecule has 0 fully saturated rings. The van der Waals surface area contributed by atoms with Gasteiger partial charge in [-0.2, -0.15) is 0 Å². The maximum atomic E-state index is 12.8. The highest BCUT2D eigenvalue weighted by Crippen LogP contribution is 2.16. The van der Waals surface area contributed by atoms with Crippen LogP contribution in [0.25, 0.3) is 0 Å². The Morgan fingerprint density at radius 3 is 1.03 bits per heavy atom. The Balaban J connectivity index is 4.39. The second kappa shape index (κ2) is 54.0. The summed E-state index contributed by atoms with van der Waals surface area (Å²) in [6, 6.07) is 0. The van der Waals surface area contributed by atoms with Crippen LogP contribution in [0.2, 0.25) is 0 Å². The van der Waals surface area contributed by atoms with Crippen molar-refractivity contribution in [3.05, 3.63) is 48.6 Å². The minimum Gasteiger partial charge on any atom is -0.462 e. The number of hydrogen-bond acceptors (Lipinski definition) is 6. The van der Waals surface area contributed by atoms with Crippen molar-refractivity contribution in [2.75, 3.05) is 13.2 Å². The third-order valence-corrected chi connectivity index (χ3v) is 12.3. The van der Waals surface area contributed by atoms with E-state index in [1.807, 2.05) is 0 Å². The first-order chi connectivity index (χ1) is 32.0. The van der Waals surface area contributed by atoms with Gasteiger partial charge >= 0.3 is 17.9 Å². The molecule has 0 saturated carbocycles. The maximum Gasteiger partial charge on any atom is 0.306 e. The van der Waals surface area contributed by atoms with E-state index in [-0.39, 0.29) is 31.1 Å². The van der Waals surface area contributed by atoms with Crippen molar-refractivity contribution in [2.45, 2.75) is 297 Å². The van der Waals surface area contributed by atoms with Crippen LogP contribution >= 0.6 is 0 Å². The van der Waals surface area contributed by atoms with Crippen molar-refractivity contribution in [3.63, 3.8) is 0 Å². The van der Waals surface area contributed by atoms with Crippen LogP contribution < -0.4 is 0 Å². The molecule has 6 nitrogen and oxygen atoms in total. The molecule has 0 amide bonds. The van der Waals surface area contributed by atoms with Crippen LogP contribution in [-0.4, -0.2) is 37.2 Å². The highest BCUT2D eigenvalue weighted by atomic mass is 16.6. The lowest BCUT2D eigenvalue weighted by molar-refractivity contribution is -0.167. The van der Waals surface area contributed by atoms with E-state index in [0.717, 1.165) is 89.9 Å². The minimum atomic E-state index is -0.788. The SMILES string of the molecule is CC/C=C\C/C=C\CCCCCCCCCC(=O)OCC(COC(=O)CCCCCCCCCCCCCCCCCCC)OC(=O)CCCCC/C=C\C=C/CCCCCCCCC. The van der Waals surface area contributed by atoms with Crippen molar-refractivity contribution < 1.29 is 28.6 Å². The molecule has 6 heteroatoms. The molecule has 1 atom stereocenters. The van der Waals surface area contributed by atoms with Gasteiger partial charge in [-0.05, 0) is 70.6 Å². The molecule has 0 aromatic heterocycles. The molecule has 65 heavy (non-hydrogen) atoms. The molecule has 0 aromatic rings. The van der Waals surface area contributed by atoms with Crippen LogP contribution in [0, 0.1) is 0 Å². The van der Waals surface area contributed by atoms with Crippen molar-refractivity contribution in [3.8, 4) is 0 Å². The first-order valence-corrected chi connectivity index (χ1v) is 28.2. The molecule has 0 bridgehead atoms. The van der Waals surface area contributed by atoms with Crippen molar-refractivity contribution >= 4 is 17.9 Å². The third kappa shape index (κ3) is 52.2. The number of ether oxygens (including phenoxy) is 3. The van der Waals surface area contributed by atoms with Gasteiger partial charge in [-0.25, -0.2) is 0 Å². The number of esters is 3. The molecule has 0 heterocycles. The zero-order valence-electron chi connectivity index (χ0n) is 43.3. The van der Waals surface area contributed by atoms with Gasteiger partial charge < -0.3 is 14.2 Å². The van der Waals surface area contributed by atoms with Gasteiger partial charge in [0.25, 0.3) is 0 Å². The second-order valence-electron chi connectivity index (χ2n) is 18.9. The fraction of sp³-hybridized carbons (Fsp3) is 0.814. The van der Waals surface area contributed by atoms with Gasteiger partial charge in [-0.1, -0.05) is 249 Å². The average molecular weight is 911 g/mol. The summed E-state index contributed by atoms with van der Waals surface area (Å²) in [5.74, 6) is -0.906. The molecule has 0 aliphatic carbocycles. The molecule has 0 radical (unpaired) electrons. The summed E-state index contributed by atoms with van der Waals surface area (Å²) < 4.78 is 16.8. The zero-order valence-corrected chi connectivity index (χ0v) is 43.3. The van der Waals surface area contributed by atoms with Crippen LogP contribution in [0.1, 0.15) is 290 Å². The third-order valence-electron chi connectivity index (χ3n) is 12.3. The lowest BCUT2D eigenvalue weighted by Crippen LogP contribution is -2.30. The predicted molar refractivity (Wildman–Crippen MR) is 279 cm³/mol. The lowest BCUT2D eigenvalue weighted by atomic mass is 10.0. The Morgan fingerprint density at radius 1 is 0.338 bits per heavy atom. The van der Waals surface area contributed by atoms with E-state index < -0.39 is 6.10 Å². The zero-order chi connectivity index (χ0) is 47.2. The fourth-order valence-electron chi connectivity index (χ4n) is 8.12. The number of carbonyl (C=O) groups is 3. The summed E-state index contributed by atoms with van der Waals surface area (Å²) >= 11 is 0. The van der Waals surface area contributed by atoms with E-state index in [9.17, 15) is 14.4 Å². The smallest absolute Gasteiger partial charge is 0.306 e. The first-order valence-electron chi connectivity index (χ1n) is 28.2. The number of rotatable bonds is 51. The quantitative estimate of drug-likeness (QED) is 0.0199. The van der Waals surface area contributed by atoms with E-state index in [1.165, 1.54) is 161 Å². The summed E-state index contributed by atoms with van der Waals surface area (Å²) in [6.45, 7) is 6.53. The van der Waals surface area contributed by atoms with Crippen molar-refractivity contribution in [1.29, 1.82) is 0 Å².